The molecule has 0 bridgehead atoms. The Kier molecular flexibility index (Phi) is 7.46. The van der Waals surface area contributed by atoms with E-state index in [9.17, 15) is 18.0 Å². The highest BCUT2D eigenvalue weighted by Crippen LogP contribution is 2.15. The van der Waals surface area contributed by atoms with E-state index in [4.69, 9.17) is 0 Å². The number of carbonyl (C=O) groups is 2. The SMILES string of the molecule is Cc1ccc(S(=O)(=O)NCCC(=O)NCc2cccc(C(=O)N3CCCC3)c2)cc1C. The summed E-state index contributed by atoms with van der Waals surface area (Å²) in [6.07, 6.45) is 2.10. The molecule has 0 atom stereocenters. The van der Waals surface area contributed by atoms with Gasteiger partial charge >= 0.3 is 0 Å². The summed E-state index contributed by atoms with van der Waals surface area (Å²) in [5.74, 6) is -0.245. The van der Waals surface area contributed by atoms with Crippen LogP contribution in [0.4, 0.5) is 0 Å². The number of aryl methyl sites for hydroxylation is 2. The number of amides is 2. The second kappa shape index (κ2) is 10.1. The molecule has 0 aliphatic carbocycles. The van der Waals surface area contributed by atoms with Crippen LogP contribution in [0.25, 0.3) is 0 Å². The summed E-state index contributed by atoms with van der Waals surface area (Å²) in [6.45, 7) is 5.64. The summed E-state index contributed by atoms with van der Waals surface area (Å²) in [7, 11) is -3.66. The molecule has 0 aromatic heterocycles. The van der Waals surface area contributed by atoms with Gasteiger partial charge in [-0.2, -0.15) is 0 Å². The van der Waals surface area contributed by atoms with Gasteiger partial charge in [0.05, 0.1) is 4.90 Å². The molecule has 0 saturated carbocycles. The van der Waals surface area contributed by atoms with Gasteiger partial charge in [0.25, 0.3) is 5.91 Å². The van der Waals surface area contributed by atoms with E-state index in [0.717, 1.165) is 42.6 Å². The highest BCUT2D eigenvalue weighted by Gasteiger charge is 2.19. The van der Waals surface area contributed by atoms with Crippen molar-refractivity contribution in [1.29, 1.82) is 0 Å². The summed E-state index contributed by atoms with van der Waals surface area (Å²) in [5.41, 5.74) is 3.36. The summed E-state index contributed by atoms with van der Waals surface area (Å²) >= 11 is 0. The second-order valence-electron chi connectivity index (χ2n) is 7.87. The Hall–Kier alpha value is -2.71. The number of hydrogen-bond donors (Lipinski definition) is 2. The Bertz CT molecular complexity index is 1060. The van der Waals surface area contributed by atoms with E-state index in [1.165, 1.54) is 0 Å². The van der Waals surface area contributed by atoms with Crippen LogP contribution in [0.15, 0.2) is 47.4 Å². The smallest absolute Gasteiger partial charge is 0.253 e. The fraction of sp³-hybridized carbons (Fsp3) is 0.391. The quantitative estimate of drug-likeness (QED) is 0.655. The van der Waals surface area contributed by atoms with Crippen molar-refractivity contribution in [2.24, 2.45) is 0 Å². The number of likely N-dealkylation sites (tertiary alicyclic amines) is 1. The lowest BCUT2D eigenvalue weighted by Crippen LogP contribution is -2.31. The van der Waals surface area contributed by atoms with E-state index in [0.29, 0.717) is 5.56 Å². The molecule has 1 aliphatic heterocycles. The highest BCUT2D eigenvalue weighted by atomic mass is 32.2. The van der Waals surface area contributed by atoms with Gasteiger partial charge in [0.2, 0.25) is 15.9 Å². The third-order valence-electron chi connectivity index (χ3n) is 5.49. The van der Waals surface area contributed by atoms with Gasteiger partial charge in [-0.05, 0) is 67.6 Å². The van der Waals surface area contributed by atoms with E-state index >= 15 is 0 Å². The minimum absolute atomic E-state index is 0.00851. The topological polar surface area (TPSA) is 95.6 Å². The number of sulfonamides is 1. The standard InChI is InChI=1S/C23H29N3O4S/c1-17-8-9-21(14-18(17)2)31(29,30)25-11-10-22(27)24-16-19-6-5-7-20(15-19)23(28)26-12-3-4-13-26/h5-9,14-15,25H,3-4,10-13,16H2,1-2H3,(H,24,27). The van der Waals surface area contributed by atoms with Gasteiger partial charge in [-0.15, -0.1) is 0 Å². The average molecular weight is 444 g/mol. The van der Waals surface area contributed by atoms with Crippen LogP contribution in [0.2, 0.25) is 0 Å². The molecule has 31 heavy (non-hydrogen) atoms. The number of nitrogens with zero attached hydrogens (tertiary/aromatic N) is 1. The predicted molar refractivity (Wildman–Crippen MR) is 119 cm³/mol. The molecule has 1 fully saturated rings. The first-order valence-corrected chi connectivity index (χ1v) is 12.0. The lowest BCUT2D eigenvalue weighted by atomic mass is 10.1. The molecule has 166 valence electrons. The third kappa shape index (κ3) is 6.15. The molecule has 2 N–H and O–H groups in total. The Labute approximate surface area is 183 Å². The van der Waals surface area contributed by atoms with E-state index < -0.39 is 10.0 Å². The number of carbonyl (C=O) groups excluding carboxylic acids is 2. The van der Waals surface area contributed by atoms with E-state index in [1.54, 1.807) is 30.3 Å². The minimum atomic E-state index is -3.66. The first-order chi connectivity index (χ1) is 14.8. The molecule has 3 rings (SSSR count). The van der Waals surface area contributed by atoms with Crippen LogP contribution in [-0.4, -0.2) is 44.8 Å². The Balaban J connectivity index is 1.47. The molecule has 0 spiro atoms. The van der Waals surface area contributed by atoms with Gasteiger partial charge in [0.1, 0.15) is 0 Å². The van der Waals surface area contributed by atoms with Gasteiger partial charge in [-0.3, -0.25) is 9.59 Å². The maximum Gasteiger partial charge on any atom is 0.253 e. The predicted octanol–water partition coefficient (Wildman–Crippen LogP) is 2.52. The van der Waals surface area contributed by atoms with Crippen molar-refractivity contribution in [3.05, 3.63) is 64.7 Å². The molecular weight excluding hydrogens is 414 g/mol. The highest BCUT2D eigenvalue weighted by molar-refractivity contribution is 7.89. The summed E-state index contributed by atoms with van der Waals surface area (Å²) in [6, 6.07) is 12.2. The van der Waals surface area contributed by atoms with Gasteiger partial charge < -0.3 is 10.2 Å². The molecular formula is C23H29N3O4S. The molecule has 1 aliphatic rings. The first kappa shape index (κ1) is 23.0. The molecule has 2 aromatic carbocycles. The van der Waals surface area contributed by atoms with Crippen LogP contribution in [0.1, 0.15) is 46.3 Å². The number of hydrogen-bond acceptors (Lipinski definition) is 4. The zero-order valence-corrected chi connectivity index (χ0v) is 18.8. The van der Waals surface area contributed by atoms with Crippen LogP contribution in [0, 0.1) is 13.8 Å². The molecule has 0 unspecified atom stereocenters. The van der Waals surface area contributed by atoms with Crippen LogP contribution < -0.4 is 10.0 Å². The van der Waals surface area contributed by atoms with E-state index in [1.807, 2.05) is 30.9 Å². The molecule has 8 heteroatoms. The number of benzene rings is 2. The Morgan fingerprint density at radius 1 is 1.00 bits per heavy atom. The van der Waals surface area contributed by atoms with Crippen molar-refractivity contribution < 1.29 is 18.0 Å². The number of nitrogens with one attached hydrogen (secondary N) is 2. The molecule has 7 nitrogen and oxygen atoms in total. The van der Waals surface area contributed by atoms with Gasteiger partial charge in [0.15, 0.2) is 0 Å². The van der Waals surface area contributed by atoms with Gasteiger partial charge in [-0.1, -0.05) is 18.2 Å². The first-order valence-electron chi connectivity index (χ1n) is 10.5. The van der Waals surface area contributed by atoms with Crippen LogP contribution >= 0.6 is 0 Å². The van der Waals surface area contributed by atoms with Crippen LogP contribution in [-0.2, 0) is 21.4 Å². The van der Waals surface area contributed by atoms with E-state index in [2.05, 4.69) is 10.0 Å². The molecule has 2 aromatic rings. The Morgan fingerprint density at radius 3 is 2.45 bits per heavy atom. The van der Waals surface area contributed by atoms with Crippen molar-refractivity contribution in [1.82, 2.24) is 14.9 Å². The fourth-order valence-electron chi connectivity index (χ4n) is 3.47. The van der Waals surface area contributed by atoms with Crippen LogP contribution in [0.3, 0.4) is 0 Å². The maximum absolute atomic E-state index is 12.5. The maximum atomic E-state index is 12.5. The summed E-state index contributed by atoms with van der Waals surface area (Å²) in [5, 5.41) is 2.78. The normalized spacial score (nSPS) is 13.9. The average Bonchev–Trinajstić information content (AvgIpc) is 3.28. The zero-order valence-electron chi connectivity index (χ0n) is 18.0. The van der Waals surface area contributed by atoms with Crippen molar-refractivity contribution in [3.8, 4) is 0 Å². The van der Waals surface area contributed by atoms with E-state index in [-0.39, 0.29) is 36.2 Å². The van der Waals surface area contributed by atoms with Gasteiger partial charge in [0, 0.05) is 38.2 Å². The van der Waals surface area contributed by atoms with Crippen molar-refractivity contribution >= 4 is 21.8 Å². The molecule has 1 heterocycles. The molecule has 2 amide bonds. The fourth-order valence-corrected chi connectivity index (χ4v) is 4.59. The molecule has 1 saturated heterocycles. The minimum Gasteiger partial charge on any atom is -0.352 e. The van der Waals surface area contributed by atoms with Crippen molar-refractivity contribution in [3.63, 3.8) is 0 Å². The summed E-state index contributed by atoms with van der Waals surface area (Å²) < 4.78 is 27.2. The van der Waals surface area contributed by atoms with Crippen molar-refractivity contribution in [2.45, 2.75) is 44.6 Å². The second-order valence-corrected chi connectivity index (χ2v) is 9.64. The third-order valence-corrected chi connectivity index (χ3v) is 6.95. The van der Waals surface area contributed by atoms with Crippen molar-refractivity contribution in [2.75, 3.05) is 19.6 Å². The lowest BCUT2D eigenvalue weighted by molar-refractivity contribution is -0.121. The lowest BCUT2D eigenvalue weighted by Gasteiger charge is -2.15. The molecule has 0 radical (unpaired) electrons. The number of rotatable bonds is 8. The Morgan fingerprint density at radius 2 is 1.74 bits per heavy atom. The van der Waals surface area contributed by atoms with Gasteiger partial charge in [-0.25, -0.2) is 13.1 Å². The zero-order chi connectivity index (χ0) is 22.4. The summed E-state index contributed by atoms with van der Waals surface area (Å²) in [4.78, 5) is 26.7. The van der Waals surface area contributed by atoms with Crippen LogP contribution in [0.5, 0.6) is 0 Å². The largest absolute Gasteiger partial charge is 0.352 e. The monoisotopic (exact) mass is 443 g/mol.